The van der Waals surface area contributed by atoms with Crippen molar-refractivity contribution in [3.63, 3.8) is 0 Å². The van der Waals surface area contributed by atoms with Gasteiger partial charge in [-0.05, 0) is 11.4 Å². The van der Waals surface area contributed by atoms with Gasteiger partial charge in [0.1, 0.15) is 0 Å². The Kier molecular flexibility index (Phi) is 3.68. The molecule has 0 spiro atoms. The molecule has 0 unspecified atom stereocenters. The van der Waals surface area contributed by atoms with Gasteiger partial charge in [0.15, 0.2) is 0 Å². The molecule has 0 N–H and O–H groups in total. The lowest BCUT2D eigenvalue weighted by atomic mass is 10.0. The molecule has 0 bridgehead atoms. The number of ether oxygens (including phenoxy) is 2. The van der Waals surface area contributed by atoms with E-state index in [2.05, 4.69) is 6.58 Å². The zero-order chi connectivity index (χ0) is 13.2. The minimum atomic E-state index is 0.0630. The highest BCUT2D eigenvalue weighted by Gasteiger charge is 2.47. The summed E-state index contributed by atoms with van der Waals surface area (Å²) >= 11 is 1.54. The van der Waals surface area contributed by atoms with Crippen LogP contribution in [0.25, 0.3) is 0 Å². The number of carbonyl (C=O) groups excluding carboxylic acids is 1. The van der Waals surface area contributed by atoms with Crippen LogP contribution in [0.2, 0.25) is 0 Å². The first-order valence-electron chi connectivity index (χ1n) is 6.44. The summed E-state index contributed by atoms with van der Waals surface area (Å²) in [5, 5.41) is 3.82. The van der Waals surface area contributed by atoms with Crippen molar-refractivity contribution in [1.82, 2.24) is 4.90 Å². The Labute approximate surface area is 116 Å². The standard InChI is InChI=1S/C14H17NO3S/c1-2-4-18-13-6-15(12-8-17-7-11(12)13)14(16)10-3-5-19-9-10/h2-3,5,9,11-13H,1,4,6-8H2/t11-,12+,13-/m1/s1. The van der Waals surface area contributed by atoms with Crippen molar-refractivity contribution in [3.05, 3.63) is 35.0 Å². The van der Waals surface area contributed by atoms with E-state index in [1.165, 1.54) is 0 Å². The van der Waals surface area contributed by atoms with Gasteiger partial charge in [-0.1, -0.05) is 6.08 Å². The van der Waals surface area contributed by atoms with Crippen molar-refractivity contribution < 1.29 is 14.3 Å². The highest BCUT2D eigenvalue weighted by atomic mass is 32.1. The molecule has 3 heterocycles. The maximum atomic E-state index is 12.5. The molecule has 2 saturated heterocycles. The molecule has 0 radical (unpaired) electrons. The molecule has 1 aromatic rings. The molecule has 4 nitrogen and oxygen atoms in total. The smallest absolute Gasteiger partial charge is 0.255 e. The zero-order valence-electron chi connectivity index (χ0n) is 10.7. The van der Waals surface area contributed by atoms with Crippen LogP contribution in [-0.4, -0.2) is 49.3 Å². The van der Waals surface area contributed by atoms with Gasteiger partial charge in [0.25, 0.3) is 5.91 Å². The number of hydrogen-bond acceptors (Lipinski definition) is 4. The van der Waals surface area contributed by atoms with Crippen LogP contribution in [0.15, 0.2) is 29.5 Å². The predicted molar refractivity (Wildman–Crippen MR) is 73.4 cm³/mol. The predicted octanol–water partition coefficient (Wildman–Crippen LogP) is 1.79. The first kappa shape index (κ1) is 12.8. The van der Waals surface area contributed by atoms with Crippen LogP contribution in [0.1, 0.15) is 10.4 Å². The van der Waals surface area contributed by atoms with Crippen LogP contribution in [0, 0.1) is 5.92 Å². The van der Waals surface area contributed by atoms with Gasteiger partial charge < -0.3 is 14.4 Å². The molecule has 3 atom stereocenters. The second-order valence-electron chi connectivity index (χ2n) is 4.90. The molecule has 2 aliphatic heterocycles. The molecule has 1 aromatic heterocycles. The van der Waals surface area contributed by atoms with E-state index in [1.807, 2.05) is 21.7 Å². The van der Waals surface area contributed by atoms with Gasteiger partial charge in [0.05, 0.1) is 37.5 Å². The van der Waals surface area contributed by atoms with Crippen LogP contribution in [0.5, 0.6) is 0 Å². The van der Waals surface area contributed by atoms with Gasteiger partial charge in [-0.15, -0.1) is 6.58 Å². The Bertz CT molecular complexity index is 459. The third kappa shape index (κ3) is 2.33. The van der Waals surface area contributed by atoms with E-state index >= 15 is 0 Å². The van der Waals surface area contributed by atoms with Crippen molar-refractivity contribution in [2.24, 2.45) is 5.92 Å². The van der Waals surface area contributed by atoms with E-state index in [-0.39, 0.29) is 18.1 Å². The van der Waals surface area contributed by atoms with Crippen molar-refractivity contribution in [2.75, 3.05) is 26.4 Å². The summed E-state index contributed by atoms with van der Waals surface area (Å²) in [7, 11) is 0. The molecular weight excluding hydrogens is 262 g/mol. The highest BCUT2D eigenvalue weighted by molar-refractivity contribution is 7.08. The average Bonchev–Trinajstić information content (AvgIpc) is 3.12. The summed E-state index contributed by atoms with van der Waals surface area (Å²) in [5.41, 5.74) is 0.764. The summed E-state index contributed by atoms with van der Waals surface area (Å²) < 4.78 is 11.3. The molecule has 19 heavy (non-hydrogen) atoms. The van der Waals surface area contributed by atoms with Crippen LogP contribution in [-0.2, 0) is 9.47 Å². The molecule has 2 aliphatic rings. The van der Waals surface area contributed by atoms with Crippen LogP contribution in [0.4, 0.5) is 0 Å². The minimum Gasteiger partial charge on any atom is -0.379 e. The Morgan fingerprint density at radius 3 is 3.26 bits per heavy atom. The number of amides is 1. The van der Waals surface area contributed by atoms with Crippen molar-refractivity contribution in [3.8, 4) is 0 Å². The first-order chi connectivity index (χ1) is 9.31. The number of nitrogens with zero attached hydrogens (tertiary/aromatic N) is 1. The Balaban J connectivity index is 1.75. The fourth-order valence-electron chi connectivity index (χ4n) is 2.85. The lowest BCUT2D eigenvalue weighted by Gasteiger charge is -2.21. The summed E-state index contributed by atoms with van der Waals surface area (Å²) in [6.07, 6.45) is 1.81. The normalized spacial score (nSPS) is 29.5. The molecular formula is C14H17NO3S. The zero-order valence-corrected chi connectivity index (χ0v) is 11.5. The number of likely N-dealkylation sites (tertiary alicyclic amines) is 1. The maximum Gasteiger partial charge on any atom is 0.255 e. The topological polar surface area (TPSA) is 38.8 Å². The molecule has 5 heteroatoms. The number of hydrogen-bond donors (Lipinski definition) is 0. The molecule has 102 valence electrons. The van der Waals surface area contributed by atoms with E-state index in [1.54, 1.807) is 17.4 Å². The minimum absolute atomic E-state index is 0.0630. The summed E-state index contributed by atoms with van der Waals surface area (Å²) in [6, 6.07) is 2.03. The lowest BCUT2D eigenvalue weighted by Crippen LogP contribution is -2.37. The highest BCUT2D eigenvalue weighted by Crippen LogP contribution is 2.33. The van der Waals surface area contributed by atoms with Crippen molar-refractivity contribution in [1.29, 1.82) is 0 Å². The number of fused-ring (bicyclic) bond motifs is 1. The third-order valence-corrected chi connectivity index (χ3v) is 4.49. The molecule has 0 saturated carbocycles. The second kappa shape index (κ2) is 5.45. The summed E-state index contributed by atoms with van der Waals surface area (Å²) in [4.78, 5) is 14.4. The summed E-state index contributed by atoms with van der Waals surface area (Å²) in [6.45, 7) is 6.14. The number of thiophene rings is 1. The Hall–Kier alpha value is -1.17. The number of rotatable bonds is 4. The monoisotopic (exact) mass is 279 g/mol. The van der Waals surface area contributed by atoms with Gasteiger partial charge in [-0.3, -0.25) is 4.79 Å². The molecule has 0 aromatic carbocycles. The SMILES string of the molecule is C=CCO[C@@H]1CN(C(=O)c2ccsc2)[C@H]2COC[C@@H]12. The van der Waals surface area contributed by atoms with Gasteiger partial charge >= 0.3 is 0 Å². The van der Waals surface area contributed by atoms with E-state index in [9.17, 15) is 4.79 Å². The fraction of sp³-hybridized carbons (Fsp3) is 0.500. The van der Waals surface area contributed by atoms with Gasteiger partial charge in [0.2, 0.25) is 0 Å². The first-order valence-corrected chi connectivity index (χ1v) is 7.39. The summed E-state index contributed by atoms with van der Waals surface area (Å²) in [5.74, 6) is 0.383. The van der Waals surface area contributed by atoms with E-state index in [0.717, 1.165) is 5.56 Å². The van der Waals surface area contributed by atoms with Crippen molar-refractivity contribution in [2.45, 2.75) is 12.1 Å². The average molecular weight is 279 g/mol. The van der Waals surface area contributed by atoms with Crippen LogP contribution in [0.3, 0.4) is 0 Å². The van der Waals surface area contributed by atoms with Gasteiger partial charge in [-0.2, -0.15) is 11.3 Å². The van der Waals surface area contributed by atoms with Gasteiger partial charge in [0, 0.05) is 17.8 Å². The third-order valence-electron chi connectivity index (χ3n) is 3.80. The van der Waals surface area contributed by atoms with Crippen LogP contribution < -0.4 is 0 Å². The van der Waals surface area contributed by atoms with Gasteiger partial charge in [-0.25, -0.2) is 0 Å². The van der Waals surface area contributed by atoms with E-state index < -0.39 is 0 Å². The maximum absolute atomic E-state index is 12.5. The van der Waals surface area contributed by atoms with E-state index in [0.29, 0.717) is 32.3 Å². The van der Waals surface area contributed by atoms with Crippen LogP contribution >= 0.6 is 11.3 Å². The molecule has 1 amide bonds. The Morgan fingerprint density at radius 1 is 1.63 bits per heavy atom. The molecule has 3 rings (SSSR count). The largest absolute Gasteiger partial charge is 0.379 e. The quantitative estimate of drug-likeness (QED) is 0.789. The molecule has 2 fully saturated rings. The lowest BCUT2D eigenvalue weighted by molar-refractivity contribution is 0.0330. The number of carbonyl (C=O) groups is 1. The van der Waals surface area contributed by atoms with E-state index in [4.69, 9.17) is 9.47 Å². The van der Waals surface area contributed by atoms with Crippen molar-refractivity contribution >= 4 is 17.2 Å². The second-order valence-corrected chi connectivity index (χ2v) is 5.68. The fourth-order valence-corrected chi connectivity index (χ4v) is 3.48. The molecule has 0 aliphatic carbocycles. The Morgan fingerprint density at radius 2 is 2.53 bits per heavy atom.